The second kappa shape index (κ2) is 45.9. The van der Waals surface area contributed by atoms with Crippen LogP contribution < -0.4 is 16.8 Å². The zero-order chi connectivity index (χ0) is 91.6. The number of fused-ring (bicyclic) bond motifs is 2. The van der Waals surface area contributed by atoms with Gasteiger partial charge in [0.25, 0.3) is 0 Å². The Labute approximate surface area is 716 Å². The molecule has 704 valence electrons. The van der Waals surface area contributed by atoms with Gasteiger partial charge in [-0.2, -0.15) is 4.31 Å². The number of guanidine groups is 1. The molecule has 54 heteroatoms. The van der Waals surface area contributed by atoms with E-state index in [9.17, 15) is 76.3 Å². The molecule has 9 unspecified atom stereocenters. The number of aliphatic imine (C=N–C) groups is 1. The fraction of sp³-hybridized carbons (Fsp3) is 0.761. The fourth-order valence-electron chi connectivity index (χ4n) is 15.1. The summed E-state index contributed by atoms with van der Waals surface area (Å²) in [5.41, 5.74) is 12.3. The number of hydrogen-bond donors (Lipinski definition) is 10. The number of nitrogens with two attached hydrogens (primary N) is 2. The van der Waals surface area contributed by atoms with Crippen molar-refractivity contribution in [1.82, 2.24) is 53.9 Å². The van der Waals surface area contributed by atoms with Gasteiger partial charge in [0.15, 0.2) is 78.1 Å². The van der Waals surface area contributed by atoms with Gasteiger partial charge >= 0.3 is 67.0 Å². The minimum absolute atomic E-state index is 0.00504. The van der Waals surface area contributed by atoms with Crippen molar-refractivity contribution in [3.63, 3.8) is 0 Å². The average Bonchev–Trinajstić information content (AvgIpc) is 1.49. The first kappa shape index (κ1) is 102. The molecule has 0 amide bonds. The number of anilines is 2. The highest BCUT2D eigenvalue weighted by Gasteiger charge is 2.55. The summed E-state index contributed by atoms with van der Waals surface area (Å²) in [6.45, 7) is 15.6. The quantitative estimate of drug-likeness (QED) is 0.0134. The van der Waals surface area contributed by atoms with E-state index in [4.69, 9.17) is 96.7 Å². The van der Waals surface area contributed by atoms with Crippen molar-refractivity contribution in [3.05, 3.63) is 25.3 Å². The van der Waals surface area contributed by atoms with E-state index < -0.39 is 209 Å². The van der Waals surface area contributed by atoms with Crippen molar-refractivity contribution in [2.24, 2.45) is 28.7 Å². The molecule has 10 heterocycles. The zero-order valence-electron chi connectivity index (χ0n) is 70.3. The normalized spacial score (nSPS) is 30.3. The van der Waals surface area contributed by atoms with Crippen LogP contribution in [-0.4, -0.2) is 302 Å². The second-order valence-corrected chi connectivity index (χ2v) is 36.8. The second-order valence-electron chi connectivity index (χ2n) is 30.8. The van der Waals surface area contributed by atoms with Gasteiger partial charge in [0.1, 0.15) is 73.5 Å². The van der Waals surface area contributed by atoms with E-state index in [0.29, 0.717) is 30.8 Å². The van der Waals surface area contributed by atoms with Gasteiger partial charge in [0, 0.05) is 85.6 Å². The number of esters is 6. The van der Waals surface area contributed by atoms with Crippen LogP contribution in [0.15, 0.2) is 30.3 Å². The summed E-state index contributed by atoms with van der Waals surface area (Å²) in [5.74, 6) is -5.24. The van der Waals surface area contributed by atoms with Gasteiger partial charge in [-0.1, -0.05) is 66.2 Å². The van der Waals surface area contributed by atoms with Crippen LogP contribution in [0.5, 0.6) is 0 Å². The number of phosphoric ester groups is 3. The molecule has 0 bridgehead atoms. The molecule has 8 fully saturated rings. The molecule has 4 aromatic rings. The maximum Gasteiger partial charge on any atom is 0.483 e. The number of carbonyl (C=O) groups excluding carboxylic acids is 6. The zero-order valence-corrected chi connectivity index (χ0v) is 73.9. The summed E-state index contributed by atoms with van der Waals surface area (Å²) in [6, 6.07) is 1.19. The van der Waals surface area contributed by atoms with Gasteiger partial charge in [-0.25, -0.2) is 66.6 Å². The number of ether oxygens (including phenoxy) is 12. The Kier molecular flexibility index (Phi) is 37.3. The third kappa shape index (κ3) is 28.9. The minimum Gasteiger partial charge on any atom is -0.462 e. The Hall–Kier alpha value is -7.19. The third-order valence-electron chi connectivity index (χ3n) is 21.6. The molecule has 0 aromatic carbocycles. The third-order valence-corrected chi connectivity index (χ3v) is 26.3. The summed E-state index contributed by atoms with van der Waals surface area (Å²) in [6.07, 6.45) is -5.28. The van der Waals surface area contributed by atoms with E-state index in [2.05, 4.69) is 49.0 Å². The number of imidazole rings is 2. The van der Waals surface area contributed by atoms with Gasteiger partial charge in [0.2, 0.25) is 12.6 Å². The highest BCUT2D eigenvalue weighted by Crippen LogP contribution is 2.62. The topological polar surface area (TPSA) is 639 Å². The average molecular weight is 1870 g/mol. The van der Waals surface area contributed by atoms with Gasteiger partial charge < -0.3 is 113 Å². The van der Waals surface area contributed by atoms with Crippen LogP contribution >= 0.6 is 31.2 Å². The van der Waals surface area contributed by atoms with Crippen LogP contribution in [-0.2, 0) is 126 Å². The Bertz CT molecular complexity index is 4490. The van der Waals surface area contributed by atoms with Gasteiger partial charge in [-0.05, 0) is 37.5 Å². The van der Waals surface area contributed by atoms with Crippen LogP contribution in [0.25, 0.3) is 22.3 Å². The van der Waals surface area contributed by atoms with Crippen molar-refractivity contribution in [3.8, 4) is 0 Å². The van der Waals surface area contributed by atoms with Crippen molar-refractivity contribution < 1.29 is 170 Å². The molecule has 0 radical (unpaired) electrons. The molecular weight excluding hydrogens is 1750 g/mol. The monoisotopic (exact) mass is 1870 g/mol. The van der Waals surface area contributed by atoms with Crippen LogP contribution in [0.3, 0.4) is 0 Å². The number of nitrogens with one attached hydrogen (secondary N) is 1. The predicted molar refractivity (Wildman–Crippen MR) is 424 cm³/mol. The van der Waals surface area contributed by atoms with Gasteiger partial charge in [-0.15, -0.1) is 0 Å². The van der Waals surface area contributed by atoms with Gasteiger partial charge in [0.05, 0.1) is 58.3 Å². The summed E-state index contributed by atoms with van der Waals surface area (Å²) >= 11 is 0. The molecule has 2 aliphatic carbocycles. The number of rotatable bonds is 27. The van der Waals surface area contributed by atoms with Crippen LogP contribution in [0.1, 0.15) is 146 Å². The molecule has 125 heavy (non-hydrogen) atoms. The lowest BCUT2D eigenvalue weighted by Gasteiger charge is -2.45. The fourth-order valence-corrected chi connectivity index (χ4v) is 18.8. The highest BCUT2D eigenvalue weighted by atomic mass is 31.3. The lowest BCUT2D eigenvalue weighted by molar-refractivity contribution is -0.271. The summed E-state index contributed by atoms with van der Waals surface area (Å²) in [7, 11) is -20.3. The lowest BCUT2D eigenvalue weighted by Crippen LogP contribution is -2.56. The number of morpholine rings is 2. The molecule has 12 rings (SSSR count). The molecule has 6 saturated heterocycles. The maximum atomic E-state index is 15.0. The molecule has 2 saturated carbocycles. The van der Waals surface area contributed by atoms with Crippen molar-refractivity contribution in [1.29, 1.82) is 0 Å². The number of aromatic nitrogens is 8. The SMILES string of the molecule is C1CCC(N=C(NC2CCCCC2)N2CCOCC2)CC1.CC(=O)OC[C@@H](OC(C)=O)C1O[C@@H](OP(=O)(O)O)C(OC(C)=O)[C@@H](C)[C@@H]1C.CC(=O)OC[C@@H](OC(C)=O)C1O[C@@H](OP(=O)(O)OP(=O)(O)OC[C@H]2O[C@@H](n3cnc4c(N)ncnc43)C(O)[C@@H]2F)C(OC(C)=O)[C@@H](C)[C@@H]1C.Nc1ncnc2c1ncn2[C@@H]1O[C@H](COP(=O)(O)N2CCOCC2)C(F)[C@@H]1O. The number of hydrogen-bond acceptors (Lipinski definition) is 38. The van der Waals surface area contributed by atoms with Crippen molar-refractivity contribution >= 4 is 107 Å². The molecule has 8 aliphatic rings. The van der Waals surface area contributed by atoms with E-state index in [1.165, 1.54) is 99.0 Å². The Morgan fingerprint density at radius 2 is 0.968 bits per heavy atom. The highest BCUT2D eigenvalue weighted by molar-refractivity contribution is 7.61. The Balaban J connectivity index is 0.000000200. The molecule has 12 N–H and O–H groups in total. The van der Waals surface area contributed by atoms with E-state index >= 15 is 4.39 Å². The largest absolute Gasteiger partial charge is 0.483 e. The smallest absolute Gasteiger partial charge is 0.462 e. The Morgan fingerprint density at radius 3 is 1.39 bits per heavy atom. The number of aliphatic hydroxyl groups is 2. The summed E-state index contributed by atoms with van der Waals surface area (Å²) in [4.78, 5) is 149. The molecule has 23 atom stereocenters. The minimum atomic E-state index is -5.67. The Morgan fingerprint density at radius 1 is 0.544 bits per heavy atom. The molecule has 4 aromatic heterocycles. The molecule has 0 spiro atoms. The number of phosphoric acid groups is 3. The number of carbonyl (C=O) groups is 6. The molecule has 6 aliphatic heterocycles. The number of aliphatic hydroxyl groups excluding tert-OH is 2. The standard InChI is InChI=1S/C25H36FN5O16P2.C17H31N3O.C15H25O11P.C14H20FN6O6P/c1-10-11(2)21(43-14(5)34)25(45-20(10)16(42-13(4)33)6-40-12(3)32)46-49(38,39)47-48(36,37)41-7-15-17(26)19(35)24(44-15)31-9-30-18-22(27)28-8-29-23(18)31;1-3-7-15(8-4-1)18-17(20-11-13-21-14-12-20)19-16-9-5-2-6-10-16;1-7-8(2)14(24-11(5)18)15(26-27(19,20)21)25-13(7)12(23-10(4)17)6-22-9(3)16;15-9-8(5-26-28(23,24)20-1-3-25-4-2-20)27-14(11(9)22)21-7-19-10-12(16)17-6-18-13(10)21/h8-11,15-17,19-21,24-25,35H,6-7H2,1-5H3,(H,36,37)(H,38,39)(H2,27,28,29);15-16H,1-14H2,(H,18,19);7-8,12-15H,6H2,1-5H3,(H2,19,20,21);6-9,11,14,22H,1-5H2,(H,23,24)(H2,16,17,18)/t10-,11-,15+,16+,17+,19?,20?,21?,24+,25-;;7-,8-,12+,13?,14?,15-;8-,9?,11+,14-/m0.01/s1. The number of nitrogens with zero attached hydrogens (tertiary/aromatic N) is 11. The van der Waals surface area contributed by atoms with Crippen LogP contribution in [0, 0.1) is 23.7 Å². The molecular formula is C71H112F2N14O34P4. The van der Waals surface area contributed by atoms with E-state index in [1.54, 1.807) is 27.7 Å². The maximum absolute atomic E-state index is 15.0. The predicted octanol–water partition coefficient (Wildman–Crippen LogP) is 3.58. The van der Waals surface area contributed by atoms with Crippen molar-refractivity contribution in [2.75, 3.05) is 90.5 Å². The van der Waals surface area contributed by atoms with Crippen LogP contribution in [0.2, 0.25) is 0 Å². The first-order valence-corrected chi connectivity index (χ1v) is 46.5. The number of halogens is 2. The van der Waals surface area contributed by atoms with Crippen LogP contribution in [0.4, 0.5) is 20.4 Å². The van der Waals surface area contributed by atoms with Gasteiger partial charge in [-0.3, -0.25) is 56.0 Å². The van der Waals surface area contributed by atoms with E-state index in [-0.39, 0.29) is 48.1 Å². The summed E-state index contributed by atoms with van der Waals surface area (Å²) in [5, 5.41) is 24.5. The number of alkyl halides is 2. The van der Waals surface area contributed by atoms with E-state index in [1.807, 2.05) is 0 Å². The first-order chi connectivity index (χ1) is 58.9. The number of nitrogen functional groups attached to an aromatic ring is 2. The molecule has 48 nitrogen and oxygen atoms in total. The van der Waals surface area contributed by atoms with Crippen molar-refractivity contribution in [2.45, 2.75) is 244 Å². The lowest BCUT2D eigenvalue weighted by atomic mass is 9.81. The van der Waals surface area contributed by atoms with E-state index in [0.717, 1.165) is 78.1 Å². The summed E-state index contributed by atoms with van der Waals surface area (Å²) < 4.78 is 170. The first-order valence-electron chi connectivity index (χ1n) is 40.4.